The van der Waals surface area contributed by atoms with Crippen LogP contribution >= 0.6 is 47.8 Å². The van der Waals surface area contributed by atoms with Gasteiger partial charge in [0.1, 0.15) is 30.8 Å². The monoisotopic (exact) mass is 1190 g/mol. The predicted octanol–water partition coefficient (Wildman–Crippen LogP) is 2.75. The van der Waals surface area contributed by atoms with Crippen LogP contribution in [0.1, 0.15) is 93.7 Å². The molecule has 0 radical (unpaired) electrons. The molecular weight excluding hydrogens is 1130 g/mol. The number of para-hydroxylation sites is 1. The van der Waals surface area contributed by atoms with Crippen molar-refractivity contribution in [1.82, 2.24) is 37.2 Å². The van der Waals surface area contributed by atoms with Gasteiger partial charge in [-0.3, -0.25) is 43.2 Å². The van der Waals surface area contributed by atoms with E-state index >= 15 is 0 Å². The van der Waals surface area contributed by atoms with Crippen molar-refractivity contribution in [1.29, 1.82) is 0 Å². The maximum atomic E-state index is 14.3. The Morgan fingerprint density at radius 2 is 1.06 bits per heavy atom. The van der Waals surface area contributed by atoms with Gasteiger partial charge in [0.15, 0.2) is 0 Å². The highest BCUT2D eigenvalue weighted by Crippen LogP contribution is 2.52. The second kappa shape index (κ2) is 31.7. The van der Waals surface area contributed by atoms with Crippen molar-refractivity contribution in [3.63, 3.8) is 0 Å². The fourth-order valence-corrected chi connectivity index (χ4v) is 8.56. The minimum atomic E-state index is -1.30. The smallest absolute Gasteiger partial charge is 0.243 e. The molecule has 1 heterocycles. The molecule has 2 aromatic carbocycles. The number of carbonyl (C=O) groups excluding carboxylic acids is 9. The normalized spacial score (nSPS) is 13.9. The summed E-state index contributed by atoms with van der Waals surface area (Å²) in [5, 5.41) is 19.3. The topological polar surface area (TPSA) is 276 Å². The molecule has 19 nitrogen and oxygen atoms in total. The molecule has 9 N–H and O–H groups in total. The van der Waals surface area contributed by atoms with E-state index in [1.807, 2.05) is 42.5 Å². The Morgan fingerprint density at radius 3 is 1.56 bits per heavy atom. The lowest BCUT2D eigenvalue weighted by Gasteiger charge is -2.27. The number of fused-ring (bicyclic) bond motifs is 4. The molecule has 4 atom stereocenters. The van der Waals surface area contributed by atoms with Crippen molar-refractivity contribution in [3.05, 3.63) is 65.2 Å². The van der Waals surface area contributed by atoms with Crippen molar-refractivity contribution < 1.29 is 47.9 Å². The second-order valence-electron chi connectivity index (χ2n) is 17.2. The number of halogens is 3. The number of nitrogens with zero attached hydrogens (tertiary/aromatic N) is 1. The van der Waals surface area contributed by atoms with E-state index in [2.05, 4.69) is 97.0 Å². The Morgan fingerprint density at radius 1 is 0.597 bits per heavy atom. The van der Waals surface area contributed by atoms with Gasteiger partial charge in [0.2, 0.25) is 53.2 Å². The van der Waals surface area contributed by atoms with E-state index in [1.54, 1.807) is 4.90 Å². The third kappa shape index (κ3) is 19.8. The number of alkyl halides is 3. The molecule has 4 rings (SSSR count). The lowest BCUT2D eigenvalue weighted by Crippen LogP contribution is -2.58. The first-order valence-electron chi connectivity index (χ1n) is 23.9. The number of unbranched alkanes of at least 4 members (excludes halogenated alkanes) is 3. The Labute approximate surface area is 445 Å². The van der Waals surface area contributed by atoms with Gasteiger partial charge in [-0.2, -0.15) is 0 Å². The second-order valence-corrected chi connectivity index (χ2v) is 18.8. The number of ether oxygens (including phenoxy) is 1. The number of hydrogen-bond donors (Lipinski definition) is 8. The van der Waals surface area contributed by atoms with Gasteiger partial charge in [0.25, 0.3) is 0 Å². The van der Waals surface area contributed by atoms with Gasteiger partial charge in [-0.1, -0.05) is 96.2 Å². The Kier molecular flexibility index (Phi) is 26.0. The van der Waals surface area contributed by atoms with Crippen LogP contribution in [-0.2, 0) is 54.4 Å². The number of amides is 9. The number of nitrogens with one attached hydrogen (secondary N) is 7. The molecule has 72 heavy (non-hydrogen) atoms. The van der Waals surface area contributed by atoms with Crippen LogP contribution in [0.2, 0.25) is 0 Å². The fourth-order valence-electron chi connectivity index (χ4n) is 7.96. The summed E-state index contributed by atoms with van der Waals surface area (Å²) in [6.07, 6.45) is 8.19. The Balaban J connectivity index is 1.53. The number of primary amides is 1. The van der Waals surface area contributed by atoms with Gasteiger partial charge in [-0.05, 0) is 92.5 Å². The largest absolute Gasteiger partial charge is 0.368 e. The van der Waals surface area contributed by atoms with E-state index in [0.29, 0.717) is 51.6 Å². The molecule has 0 spiro atoms. The van der Waals surface area contributed by atoms with E-state index < -0.39 is 53.7 Å². The molecule has 1 aliphatic carbocycles. The summed E-state index contributed by atoms with van der Waals surface area (Å²) >= 11 is 9.31. The maximum Gasteiger partial charge on any atom is 0.243 e. The molecule has 2 aromatic rings. The summed E-state index contributed by atoms with van der Waals surface area (Å²) in [5.41, 5.74) is 11.8. The van der Waals surface area contributed by atoms with Crippen LogP contribution in [0.5, 0.6) is 0 Å². The first kappa shape index (κ1) is 58.9. The third-order valence-corrected chi connectivity index (χ3v) is 13.3. The molecule has 0 saturated heterocycles. The van der Waals surface area contributed by atoms with Gasteiger partial charge in [-0.25, -0.2) is 0 Å². The van der Waals surface area contributed by atoms with E-state index in [0.717, 1.165) is 28.8 Å². The quantitative estimate of drug-likeness (QED) is 0.0302. The molecule has 0 aromatic heterocycles. The molecule has 0 bridgehead atoms. The first-order valence-corrected chi connectivity index (χ1v) is 27.3. The van der Waals surface area contributed by atoms with E-state index in [4.69, 9.17) is 16.9 Å². The molecule has 1 aliphatic heterocycles. The summed E-state index contributed by atoms with van der Waals surface area (Å²) in [4.78, 5) is 120. The fraction of sp³-hybridized carbons (Fsp3) is 0.500. The van der Waals surface area contributed by atoms with Crippen LogP contribution in [0.4, 0.5) is 5.69 Å². The first-order chi connectivity index (χ1) is 34.7. The minimum absolute atomic E-state index is 0.0467. The molecule has 4 unspecified atom stereocenters. The van der Waals surface area contributed by atoms with Crippen LogP contribution in [0.15, 0.2) is 48.5 Å². The number of rotatable bonds is 32. The molecule has 0 fully saturated rings. The van der Waals surface area contributed by atoms with Crippen LogP contribution < -0.4 is 47.9 Å². The molecule has 390 valence electrons. The number of nitrogens with two attached hydrogens (primary N) is 1. The lowest BCUT2D eigenvalue weighted by molar-refractivity contribution is -0.135. The van der Waals surface area contributed by atoms with Crippen LogP contribution in [0, 0.1) is 12.3 Å². The number of terminal acetylenes is 1. The Hall–Kier alpha value is -5.63. The predicted molar refractivity (Wildman–Crippen MR) is 283 cm³/mol. The van der Waals surface area contributed by atoms with E-state index in [1.165, 1.54) is 11.1 Å². The maximum absolute atomic E-state index is 14.3. The Bertz CT molecular complexity index is 2330. The molecule has 9 amide bonds. The summed E-state index contributed by atoms with van der Waals surface area (Å²) in [5.74, 6) is -2.44. The minimum Gasteiger partial charge on any atom is -0.368 e. The highest BCUT2D eigenvalue weighted by molar-refractivity contribution is 9.09. The van der Waals surface area contributed by atoms with Crippen molar-refractivity contribution in [2.45, 2.75) is 108 Å². The third-order valence-electron chi connectivity index (χ3n) is 11.8. The molecule has 0 saturated carbocycles. The molecule has 22 heteroatoms. The number of benzene rings is 2. The van der Waals surface area contributed by atoms with Gasteiger partial charge < -0.3 is 52.6 Å². The van der Waals surface area contributed by atoms with E-state index in [9.17, 15) is 43.2 Å². The number of allylic oxidation sites excluding steroid dienone is 2. The van der Waals surface area contributed by atoms with Crippen LogP contribution in [-0.4, -0.2) is 126 Å². The highest BCUT2D eigenvalue weighted by atomic mass is 79.9. The number of anilines is 1. The van der Waals surface area contributed by atoms with Crippen LogP contribution in [0.25, 0.3) is 11.1 Å². The van der Waals surface area contributed by atoms with E-state index in [-0.39, 0.29) is 98.0 Å². The summed E-state index contributed by atoms with van der Waals surface area (Å²) in [6.45, 7) is 0.672. The molecule has 2 aliphatic rings. The zero-order valence-corrected chi connectivity index (χ0v) is 44.9. The average molecular weight is 1190 g/mol. The van der Waals surface area contributed by atoms with Gasteiger partial charge in [0, 0.05) is 38.0 Å². The van der Waals surface area contributed by atoms with Crippen LogP contribution in [0.3, 0.4) is 0 Å². The summed E-state index contributed by atoms with van der Waals surface area (Å²) in [7, 11) is 0. The average Bonchev–Trinajstić information content (AvgIpc) is 4.17. The number of hydrogen-bond acceptors (Lipinski definition) is 10. The van der Waals surface area contributed by atoms with Crippen molar-refractivity contribution >= 4 is 118 Å². The summed E-state index contributed by atoms with van der Waals surface area (Å²) in [6, 6.07) is 10.6. The van der Waals surface area contributed by atoms with Crippen molar-refractivity contribution in [2.24, 2.45) is 5.73 Å². The SMILES string of the molecule is C#CCOCC(NC(=O)C(CCCCNC(=O)CBr)NC(=O)C(CCCCNC(=O)CBr)NC(=O)C(CCCCNC(=O)CBr)NC(=O)CCC(=O)N1Cc2ccccc2C2=C(C2)c2ccccc21)C(N)=O. The van der Waals surface area contributed by atoms with Crippen molar-refractivity contribution in [3.8, 4) is 12.3 Å². The van der Waals surface area contributed by atoms with Gasteiger partial charge >= 0.3 is 0 Å². The number of carbonyl (C=O) groups is 9. The summed E-state index contributed by atoms with van der Waals surface area (Å²) < 4.78 is 5.25. The molecular formula is C50H64Br3N9O10. The lowest BCUT2D eigenvalue weighted by atomic mass is 10.0. The highest BCUT2D eigenvalue weighted by Gasteiger charge is 2.34. The zero-order valence-electron chi connectivity index (χ0n) is 40.1. The van der Waals surface area contributed by atoms with Gasteiger partial charge in [0.05, 0.1) is 34.8 Å². The van der Waals surface area contributed by atoms with Crippen molar-refractivity contribution in [2.75, 3.05) is 53.7 Å². The standard InChI is InChI=1S/C50H64Br3N9O10/c1-2-25-72-31-40(47(54)68)61-50(71)39(18-9-12-24-57-45(66)29-53)60-49(70)38(17-8-11-23-56-44(65)28-52)59-48(69)37(16-7-10-22-55-43(64)27-51)58-42(63)20-21-46(67)62-30-32-13-3-4-14-33(32)35-26-36(35)34-15-5-6-19-41(34)62/h1,3-6,13-15,19,37-40H,7-12,16-18,20-31H2,(H2,54,68)(H,55,64)(H,56,65)(H,57,66)(H,58,63)(H,59,69)(H,60,70)(H,61,71). The zero-order chi connectivity index (χ0) is 52.4. The van der Waals surface area contributed by atoms with Gasteiger partial charge in [-0.15, -0.1) is 6.42 Å².